The largest absolute Gasteiger partial charge is 0.312 e. The molecule has 0 amide bonds. The first-order valence-electron chi connectivity index (χ1n) is 5.31. The van der Waals surface area contributed by atoms with Gasteiger partial charge < -0.3 is 10.2 Å². The van der Waals surface area contributed by atoms with Crippen molar-refractivity contribution in [2.45, 2.75) is 52.1 Å². The van der Waals surface area contributed by atoms with Crippen LogP contribution in [0.3, 0.4) is 0 Å². The number of hydrogen-bond acceptors (Lipinski definition) is 2. The first-order valence-corrected chi connectivity index (χ1v) is 5.31. The summed E-state index contributed by atoms with van der Waals surface area (Å²) in [5.74, 6) is 0. The van der Waals surface area contributed by atoms with Gasteiger partial charge in [-0.1, -0.05) is 13.3 Å². The van der Waals surface area contributed by atoms with Crippen LogP contribution < -0.4 is 5.32 Å². The van der Waals surface area contributed by atoms with E-state index in [4.69, 9.17) is 0 Å². The Morgan fingerprint density at radius 1 is 1.31 bits per heavy atom. The summed E-state index contributed by atoms with van der Waals surface area (Å²) >= 11 is 0. The minimum Gasteiger partial charge on any atom is -0.312 e. The van der Waals surface area contributed by atoms with Crippen molar-refractivity contribution in [3.05, 3.63) is 0 Å². The van der Waals surface area contributed by atoms with Crippen molar-refractivity contribution >= 4 is 0 Å². The Balaban J connectivity index is 3.74. The van der Waals surface area contributed by atoms with Crippen LogP contribution in [0.2, 0.25) is 0 Å². The summed E-state index contributed by atoms with van der Waals surface area (Å²) in [4.78, 5) is 2.26. The van der Waals surface area contributed by atoms with E-state index in [0.29, 0.717) is 6.04 Å². The van der Waals surface area contributed by atoms with Crippen LogP contribution in [0, 0.1) is 0 Å². The molecule has 0 aliphatic carbocycles. The van der Waals surface area contributed by atoms with Gasteiger partial charge in [0.15, 0.2) is 0 Å². The Morgan fingerprint density at radius 3 is 2.23 bits per heavy atom. The van der Waals surface area contributed by atoms with E-state index in [1.54, 1.807) is 0 Å². The van der Waals surface area contributed by atoms with Crippen LogP contribution in [0.4, 0.5) is 0 Å². The minimum atomic E-state index is 0.252. The van der Waals surface area contributed by atoms with Gasteiger partial charge in [0, 0.05) is 18.1 Å². The van der Waals surface area contributed by atoms with Gasteiger partial charge in [-0.2, -0.15) is 0 Å². The molecule has 80 valence electrons. The van der Waals surface area contributed by atoms with Crippen molar-refractivity contribution in [2.24, 2.45) is 0 Å². The fourth-order valence-corrected chi connectivity index (χ4v) is 1.12. The Bertz CT molecular complexity index is 130. The monoisotopic (exact) mass is 186 g/mol. The van der Waals surface area contributed by atoms with Crippen molar-refractivity contribution in [1.82, 2.24) is 10.2 Å². The average Bonchev–Trinajstić information content (AvgIpc) is 2.01. The summed E-state index contributed by atoms with van der Waals surface area (Å²) in [7, 11) is 4.26. The first-order chi connectivity index (χ1) is 5.90. The van der Waals surface area contributed by atoms with Crippen LogP contribution in [0.15, 0.2) is 0 Å². The Morgan fingerprint density at radius 2 is 1.85 bits per heavy atom. The summed E-state index contributed by atoms with van der Waals surface area (Å²) in [5.41, 5.74) is 0.252. The van der Waals surface area contributed by atoms with Gasteiger partial charge in [-0.25, -0.2) is 0 Å². The molecule has 0 aliphatic heterocycles. The average molecular weight is 186 g/mol. The molecule has 0 heterocycles. The lowest BCUT2D eigenvalue weighted by atomic mass is 10.0. The molecule has 0 aromatic heterocycles. The molecule has 2 heteroatoms. The van der Waals surface area contributed by atoms with E-state index >= 15 is 0 Å². The van der Waals surface area contributed by atoms with Gasteiger partial charge in [0.05, 0.1) is 0 Å². The standard InChI is InChI=1S/C11H26N2/c1-7-8-10(2)12-9-11(3,4)13(5)6/h10,12H,7-9H2,1-6H3. The predicted octanol–water partition coefficient (Wildman–Crippen LogP) is 2.10. The zero-order valence-electron chi connectivity index (χ0n) is 10.1. The van der Waals surface area contributed by atoms with Gasteiger partial charge in [-0.3, -0.25) is 0 Å². The predicted molar refractivity (Wildman–Crippen MR) is 60.1 cm³/mol. The molecule has 0 spiro atoms. The first kappa shape index (κ1) is 12.9. The van der Waals surface area contributed by atoms with Crippen molar-refractivity contribution < 1.29 is 0 Å². The van der Waals surface area contributed by atoms with Gasteiger partial charge >= 0.3 is 0 Å². The molecular weight excluding hydrogens is 160 g/mol. The Labute approximate surface area is 83.7 Å². The number of nitrogens with zero attached hydrogens (tertiary/aromatic N) is 1. The fourth-order valence-electron chi connectivity index (χ4n) is 1.12. The third kappa shape index (κ3) is 5.27. The lowest BCUT2D eigenvalue weighted by Crippen LogP contribution is -2.48. The topological polar surface area (TPSA) is 15.3 Å². The minimum absolute atomic E-state index is 0.252. The molecule has 0 aliphatic rings. The summed E-state index contributed by atoms with van der Waals surface area (Å²) in [6.07, 6.45) is 2.53. The number of nitrogens with one attached hydrogen (secondary N) is 1. The van der Waals surface area contributed by atoms with Crippen LogP contribution in [0.25, 0.3) is 0 Å². The molecule has 13 heavy (non-hydrogen) atoms. The smallest absolute Gasteiger partial charge is 0.0271 e. The van der Waals surface area contributed by atoms with E-state index in [9.17, 15) is 0 Å². The van der Waals surface area contributed by atoms with E-state index in [2.05, 4.69) is 52.0 Å². The highest BCUT2D eigenvalue weighted by Gasteiger charge is 2.20. The maximum atomic E-state index is 3.56. The number of rotatable bonds is 6. The summed E-state index contributed by atoms with van der Waals surface area (Å²) in [5, 5.41) is 3.56. The molecule has 0 aromatic rings. The molecule has 1 unspecified atom stereocenters. The van der Waals surface area contributed by atoms with E-state index in [-0.39, 0.29) is 5.54 Å². The summed E-state index contributed by atoms with van der Waals surface area (Å²) in [6, 6.07) is 0.643. The van der Waals surface area contributed by atoms with Gasteiger partial charge in [0.2, 0.25) is 0 Å². The molecule has 0 saturated heterocycles. The Kier molecular flexibility index (Phi) is 5.57. The van der Waals surface area contributed by atoms with Crippen molar-refractivity contribution in [3.8, 4) is 0 Å². The molecule has 1 atom stereocenters. The lowest BCUT2D eigenvalue weighted by molar-refractivity contribution is 0.184. The summed E-state index contributed by atoms with van der Waals surface area (Å²) < 4.78 is 0. The molecular formula is C11H26N2. The molecule has 0 bridgehead atoms. The molecule has 0 radical (unpaired) electrons. The van der Waals surface area contributed by atoms with Crippen molar-refractivity contribution in [2.75, 3.05) is 20.6 Å². The highest BCUT2D eigenvalue weighted by molar-refractivity contribution is 4.80. The summed E-state index contributed by atoms with van der Waals surface area (Å²) in [6.45, 7) is 10.1. The van der Waals surface area contributed by atoms with Gasteiger partial charge in [-0.05, 0) is 41.3 Å². The maximum Gasteiger partial charge on any atom is 0.0271 e. The molecule has 0 aromatic carbocycles. The SMILES string of the molecule is CCCC(C)NCC(C)(C)N(C)C. The zero-order valence-corrected chi connectivity index (χ0v) is 10.1. The molecule has 0 fully saturated rings. The quantitative estimate of drug-likeness (QED) is 0.683. The van der Waals surface area contributed by atoms with E-state index in [1.807, 2.05) is 0 Å². The second-order valence-corrected chi connectivity index (χ2v) is 4.78. The van der Waals surface area contributed by atoms with Crippen LogP contribution in [-0.4, -0.2) is 37.1 Å². The molecule has 0 rings (SSSR count). The zero-order chi connectivity index (χ0) is 10.5. The van der Waals surface area contributed by atoms with Crippen molar-refractivity contribution in [1.29, 1.82) is 0 Å². The highest BCUT2D eigenvalue weighted by Crippen LogP contribution is 2.08. The van der Waals surface area contributed by atoms with E-state index in [1.165, 1.54) is 12.8 Å². The highest BCUT2D eigenvalue weighted by atomic mass is 15.2. The Hall–Kier alpha value is -0.0800. The lowest BCUT2D eigenvalue weighted by Gasteiger charge is -2.34. The van der Waals surface area contributed by atoms with Crippen LogP contribution in [-0.2, 0) is 0 Å². The third-order valence-electron chi connectivity index (χ3n) is 2.82. The molecule has 1 N–H and O–H groups in total. The van der Waals surface area contributed by atoms with Gasteiger partial charge in [0.1, 0.15) is 0 Å². The maximum absolute atomic E-state index is 3.56. The second-order valence-electron chi connectivity index (χ2n) is 4.78. The van der Waals surface area contributed by atoms with E-state index < -0.39 is 0 Å². The van der Waals surface area contributed by atoms with Crippen LogP contribution in [0.1, 0.15) is 40.5 Å². The van der Waals surface area contributed by atoms with Crippen LogP contribution >= 0.6 is 0 Å². The second kappa shape index (κ2) is 5.61. The fraction of sp³-hybridized carbons (Fsp3) is 1.00. The number of hydrogen-bond donors (Lipinski definition) is 1. The van der Waals surface area contributed by atoms with Crippen LogP contribution in [0.5, 0.6) is 0 Å². The molecule has 2 nitrogen and oxygen atoms in total. The van der Waals surface area contributed by atoms with E-state index in [0.717, 1.165) is 6.54 Å². The van der Waals surface area contributed by atoms with Gasteiger partial charge in [0.25, 0.3) is 0 Å². The van der Waals surface area contributed by atoms with Gasteiger partial charge in [-0.15, -0.1) is 0 Å². The third-order valence-corrected chi connectivity index (χ3v) is 2.82. The molecule has 0 saturated carbocycles. The van der Waals surface area contributed by atoms with Crippen molar-refractivity contribution in [3.63, 3.8) is 0 Å². The normalized spacial score (nSPS) is 15.0. The number of likely N-dealkylation sites (N-methyl/N-ethyl adjacent to an activating group) is 1.